The molecular weight excluding hydrogens is 232 g/mol. The Hall–Kier alpha value is -0.820. The van der Waals surface area contributed by atoms with Crippen molar-refractivity contribution in [1.29, 1.82) is 0 Å². The normalized spacial score (nSPS) is 24.6. The zero-order valence-electron chi connectivity index (χ0n) is 10.3. The molecule has 0 aliphatic heterocycles. The van der Waals surface area contributed by atoms with E-state index in [2.05, 4.69) is 19.1 Å². The van der Waals surface area contributed by atoms with E-state index in [0.717, 1.165) is 5.92 Å². The lowest BCUT2D eigenvalue weighted by Gasteiger charge is -2.28. The maximum absolute atomic E-state index is 11.0. The van der Waals surface area contributed by atoms with Crippen molar-refractivity contribution in [2.75, 3.05) is 0 Å². The molecule has 0 N–H and O–H groups in total. The lowest BCUT2D eigenvalue weighted by atomic mass is 9.78. The van der Waals surface area contributed by atoms with E-state index in [9.17, 15) is 4.79 Å². The van der Waals surface area contributed by atoms with Crippen LogP contribution < -0.4 is 0 Å². The van der Waals surface area contributed by atoms with Gasteiger partial charge in [-0.2, -0.15) is 0 Å². The standard InChI is InChI=1S/C15H19ClO/c1-2-11-3-5-12(6-4-11)13-7-9-14(10-8-13)15(16)17/h7-12H,2-6H2,1H3. The minimum absolute atomic E-state index is 0.369. The lowest BCUT2D eigenvalue weighted by molar-refractivity contribution is 0.108. The summed E-state index contributed by atoms with van der Waals surface area (Å²) in [4.78, 5) is 11.0. The van der Waals surface area contributed by atoms with Gasteiger partial charge in [0.25, 0.3) is 5.24 Å². The van der Waals surface area contributed by atoms with Gasteiger partial charge in [0.05, 0.1) is 0 Å². The summed E-state index contributed by atoms with van der Waals surface area (Å²) in [5, 5.41) is -0.369. The number of rotatable bonds is 3. The molecule has 1 aromatic carbocycles. The van der Waals surface area contributed by atoms with Gasteiger partial charge in [-0.3, -0.25) is 4.79 Å². The first-order valence-electron chi connectivity index (χ1n) is 6.50. The van der Waals surface area contributed by atoms with Gasteiger partial charge in [0, 0.05) is 5.56 Å². The average Bonchev–Trinajstić information content (AvgIpc) is 2.39. The third kappa shape index (κ3) is 3.10. The van der Waals surface area contributed by atoms with E-state index < -0.39 is 0 Å². The number of hydrogen-bond acceptors (Lipinski definition) is 1. The fourth-order valence-corrected chi connectivity index (χ4v) is 2.92. The van der Waals surface area contributed by atoms with Crippen molar-refractivity contribution in [3.05, 3.63) is 35.4 Å². The van der Waals surface area contributed by atoms with Gasteiger partial charge in [0.2, 0.25) is 0 Å². The maximum Gasteiger partial charge on any atom is 0.252 e. The second-order valence-corrected chi connectivity index (χ2v) is 5.36. The summed E-state index contributed by atoms with van der Waals surface area (Å²) in [5.74, 6) is 1.60. The molecule has 92 valence electrons. The van der Waals surface area contributed by atoms with Crippen molar-refractivity contribution in [2.24, 2.45) is 5.92 Å². The number of halogens is 1. The fourth-order valence-electron chi connectivity index (χ4n) is 2.79. The van der Waals surface area contributed by atoms with Crippen LogP contribution in [-0.2, 0) is 0 Å². The zero-order chi connectivity index (χ0) is 12.3. The number of hydrogen-bond donors (Lipinski definition) is 0. The Balaban J connectivity index is 2.01. The molecule has 1 aliphatic rings. The van der Waals surface area contributed by atoms with Gasteiger partial charge in [0.1, 0.15) is 0 Å². The summed E-state index contributed by atoms with van der Waals surface area (Å²) in [5.41, 5.74) is 1.96. The Labute approximate surface area is 108 Å². The molecule has 0 aromatic heterocycles. The van der Waals surface area contributed by atoms with Crippen LogP contribution in [0.5, 0.6) is 0 Å². The first-order valence-corrected chi connectivity index (χ1v) is 6.88. The molecule has 2 rings (SSSR count). The fraction of sp³-hybridized carbons (Fsp3) is 0.533. The predicted octanol–water partition coefficient (Wildman–Crippen LogP) is 4.75. The van der Waals surface area contributed by atoms with Crippen molar-refractivity contribution in [1.82, 2.24) is 0 Å². The molecule has 1 aromatic rings. The van der Waals surface area contributed by atoms with E-state index >= 15 is 0 Å². The quantitative estimate of drug-likeness (QED) is 0.708. The van der Waals surface area contributed by atoms with Crippen LogP contribution in [0, 0.1) is 5.92 Å². The van der Waals surface area contributed by atoms with E-state index in [1.54, 1.807) is 0 Å². The van der Waals surface area contributed by atoms with Crippen LogP contribution in [0.1, 0.15) is 60.9 Å². The van der Waals surface area contributed by atoms with E-state index in [1.165, 1.54) is 37.7 Å². The number of carbonyl (C=O) groups excluding carboxylic acids is 1. The summed E-state index contributed by atoms with van der Waals surface area (Å²) in [6.07, 6.45) is 6.57. The van der Waals surface area contributed by atoms with Gasteiger partial charge >= 0.3 is 0 Å². The van der Waals surface area contributed by atoms with Crippen LogP contribution in [0.4, 0.5) is 0 Å². The average molecular weight is 251 g/mol. The second-order valence-electron chi connectivity index (χ2n) is 5.02. The summed E-state index contributed by atoms with van der Waals surface area (Å²) in [6.45, 7) is 2.28. The van der Waals surface area contributed by atoms with Crippen molar-refractivity contribution in [3.8, 4) is 0 Å². The van der Waals surface area contributed by atoms with E-state index in [0.29, 0.717) is 11.5 Å². The van der Waals surface area contributed by atoms with Crippen LogP contribution in [0.25, 0.3) is 0 Å². The first-order chi connectivity index (χ1) is 8.20. The smallest absolute Gasteiger partial charge is 0.252 e. The predicted molar refractivity (Wildman–Crippen MR) is 71.6 cm³/mol. The highest BCUT2D eigenvalue weighted by Crippen LogP contribution is 2.36. The third-order valence-electron chi connectivity index (χ3n) is 4.03. The Morgan fingerprint density at radius 2 is 1.76 bits per heavy atom. The van der Waals surface area contributed by atoms with Gasteiger partial charge in [-0.25, -0.2) is 0 Å². The highest BCUT2D eigenvalue weighted by Gasteiger charge is 2.21. The van der Waals surface area contributed by atoms with Crippen LogP contribution >= 0.6 is 11.6 Å². The Morgan fingerprint density at radius 3 is 2.24 bits per heavy atom. The highest BCUT2D eigenvalue weighted by molar-refractivity contribution is 6.67. The van der Waals surface area contributed by atoms with Crippen molar-refractivity contribution < 1.29 is 4.79 Å². The van der Waals surface area contributed by atoms with Gasteiger partial charge in [-0.15, -0.1) is 0 Å². The highest BCUT2D eigenvalue weighted by atomic mass is 35.5. The topological polar surface area (TPSA) is 17.1 Å². The molecular formula is C15H19ClO. The molecule has 1 saturated carbocycles. The molecule has 0 amide bonds. The minimum atomic E-state index is -0.369. The Kier molecular flexibility index (Phi) is 4.22. The summed E-state index contributed by atoms with van der Waals surface area (Å²) in [6, 6.07) is 7.81. The molecule has 1 nitrogen and oxygen atoms in total. The Bertz CT molecular complexity index is 374. The van der Waals surface area contributed by atoms with Gasteiger partial charge in [-0.1, -0.05) is 25.5 Å². The molecule has 0 atom stereocenters. The van der Waals surface area contributed by atoms with E-state index in [-0.39, 0.29) is 5.24 Å². The molecule has 1 aliphatic carbocycles. The summed E-state index contributed by atoms with van der Waals surface area (Å²) >= 11 is 5.44. The molecule has 17 heavy (non-hydrogen) atoms. The lowest BCUT2D eigenvalue weighted by Crippen LogP contribution is -2.12. The molecule has 0 radical (unpaired) electrons. The molecule has 2 heteroatoms. The SMILES string of the molecule is CCC1CCC(c2ccc(C(=O)Cl)cc2)CC1. The molecule has 0 saturated heterocycles. The third-order valence-corrected chi connectivity index (χ3v) is 4.25. The monoisotopic (exact) mass is 250 g/mol. The van der Waals surface area contributed by atoms with Gasteiger partial charge in [-0.05, 0) is 66.8 Å². The van der Waals surface area contributed by atoms with Crippen molar-refractivity contribution in [3.63, 3.8) is 0 Å². The van der Waals surface area contributed by atoms with E-state index in [4.69, 9.17) is 11.6 Å². The van der Waals surface area contributed by atoms with Crippen molar-refractivity contribution in [2.45, 2.75) is 44.9 Å². The maximum atomic E-state index is 11.0. The van der Waals surface area contributed by atoms with E-state index in [1.807, 2.05) is 12.1 Å². The molecule has 0 unspecified atom stereocenters. The largest absolute Gasteiger partial charge is 0.276 e. The number of benzene rings is 1. The van der Waals surface area contributed by atoms with Crippen LogP contribution in [0.15, 0.2) is 24.3 Å². The van der Waals surface area contributed by atoms with Crippen LogP contribution in [0.2, 0.25) is 0 Å². The minimum Gasteiger partial charge on any atom is -0.276 e. The molecule has 1 fully saturated rings. The Morgan fingerprint density at radius 1 is 1.18 bits per heavy atom. The van der Waals surface area contributed by atoms with Crippen LogP contribution in [-0.4, -0.2) is 5.24 Å². The summed E-state index contributed by atoms with van der Waals surface area (Å²) in [7, 11) is 0. The van der Waals surface area contributed by atoms with Gasteiger partial charge < -0.3 is 0 Å². The van der Waals surface area contributed by atoms with Crippen LogP contribution in [0.3, 0.4) is 0 Å². The first kappa shape index (κ1) is 12.6. The molecule has 0 heterocycles. The van der Waals surface area contributed by atoms with Crippen molar-refractivity contribution >= 4 is 16.8 Å². The second kappa shape index (κ2) is 5.68. The number of carbonyl (C=O) groups is 1. The zero-order valence-corrected chi connectivity index (χ0v) is 11.0. The molecule has 0 spiro atoms. The molecule has 0 bridgehead atoms. The summed E-state index contributed by atoms with van der Waals surface area (Å²) < 4.78 is 0. The van der Waals surface area contributed by atoms with Gasteiger partial charge in [0.15, 0.2) is 0 Å².